The summed E-state index contributed by atoms with van der Waals surface area (Å²) in [6.45, 7) is 2.43. The second-order valence-electron chi connectivity index (χ2n) is 7.73. The van der Waals surface area contributed by atoms with Crippen molar-refractivity contribution in [1.82, 2.24) is 19.2 Å². The predicted molar refractivity (Wildman–Crippen MR) is 123 cm³/mol. The smallest absolute Gasteiger partial charge is 0.250 e. The van der Waals surface area contributed by atoms with Crippen molar-refractivity contribution in [1.29, 1.82) is 0 Å². The Morgan fingerprint density at radius 3 is 2.81 bits per heavy atom. The second-order valence-corrected chi connectivity index (χ2v) is 8.50. The topological polar surface area (TPSA) is 97.0 Å². The van der Waals surface area contributed by atoms with E-state index >= 15 is 0 Å². The first-order valence-electron chi connectivity index (χ1n) is 10.1. The Morgan fingerprint density at radius 1 is 1.16 bits per heavy atom. The molecule has 0 radical (unpaired) electrons. The minimum Gasteiger partial charge on any atom is -0.366 e. The van der Waals surface area contributed by atoms with Gasteiger partial charge in [-0.15, -0.1) is 0 Å². The molecular weight excluding hydrogens is 408 g/mol. The monoisotopic (exact) mass is 430 g/mol. The molecule has 3 heterocycles. The first-order chi connectivity index (χ1) is 15.1. The van der Waals surface area contributed by atoms with E-state index in [1.54, 1.807) is 6.07 Å². The molecule has 0 spiro atoms. The lowest BCUT2D eigenvalue weighted by Crippen LogP contribution is -2.28. The van der Waals surface area contributed by atoms with Crippen LogP contribution < -0.4 is 11.1 Å². The summed E-state index contributed by atoms with van der Waals surface area (Å²) in [7, 11) is 2.10. The predicted octanol–water partition coefficient (Wildman–Crippen LogP) is 3.45. The number of hydrogen-bond acceptors (Lipinski definition) is 7. The van der Waals surface area contributed by atoms with Gasteiger partial charge in [-0.25, -0.2) is 9.97 Å². The van der Waals surface area contributed by atoms with Gasteiger partial charge >= 0.3 is 0 Å². The molecule has 0 saturated carbocycles. The van der Waals surface area contributed by atoms with E-state index in [1.807, 2.05) is 30.3 Å². The molecule has 156 valence electrons. The number of rotatable bonds is 5. The third-order valence-electron chi connectivity index (χ3n) is 5.54. The van der Waals surface area contributed by atoms with Crippen LogP contribution in [0.3, 0.4) is 0 Å². The number of hydrogen-bond donors (Lipinski definition) is 2. The molecule has 2 aromatic carbocycles. The van der Waals surface area contributed by atoms with Crippen molar-refractivity contribution in [2.45, 2.75) is 19.5 Å². The third kappa shape index (κ3) is 3.75. The summed E-state index contributed by atoms with van der Waals surface area (Å²) in [5.74, 6) is 1.00. The van der Waals surface area contributed by atoms with E-state index in [2.05, 4.69) is 33.8 Å². The van der Waals surface area contributed by atoms with Crippen LogP contribution in [0.5, 0.6) is 0 Å². The van der Waals surface area contributed by atoms with Gasteiger partial charge in [0.1, 0.15) is 10.7 Å². The zero-order chi connectivity index (χ0) is 21.4. The van der Waals surface area contributed by atoms with E-state index in [1.165, 1.54) is 22.7 Å². The maximum absolute atomic E-state index is 11.8. The van der Waals surface area contributed by atoms with Gasteiger partial charge in [-0.3, -0.25) is 4.79 Å². The van der Waals surface area contributed by atoms with Gasteiger partial charge in [0.15, 0.2) is 5.82 Å². The molecule has 3 N–H and O–H groups in total. The highest BCUT2D eigenvalue weighted by Crippen LogP contribution is 2.34. The summed E-state index contributed by atoms with van der Waals surface area (Å²) in [4.78, 5) is 24.7. The Balaban J connectivity index is 1.59. The zero-order valence-electron chi connectivity index (χ0n) is 17.1. The lowest BCUT2D eigenvalue weighted by molar-refractivity contribution is 0.100. The molecule has 0 aliphatic carbocycles. The Labute approximate surface area is 184 Å². The van der Waals surface area contributed by atoms with E-state index < -0.39 is 5.91 Å². The van der Waals surface area contributed by atoms with Crippen molar-refractivity contribution in [3.8, 4) is 10.7 Å². The molecule has 0 fully saturated rings. The highest BCUT2D eigenvalue weighted by molar-refractivity contribution is 7.11. The molecule has 1 aliphatic heterocycles. The quantitative estimate of drug-likeness (QED) is 0.503. The molecule has 0 atom stereocenters. The summed E-state index contributed by atoms with van der Waals surface area (Å²) >= 11 is 1.30. The number of fused-ring (bicyclic) bond motifs is 2. The number of nitrogens with two attached hydrogens (primary N) is 1. The van der Waals surface area contributed by atoms with Gasteiger partial charge in [-0.1, -0.05) is 42.5 Å². The third-order valence-corrected chi connectivity index (χ3v) is 6.40. The SMILES string of the molecule is CN1CCc2c(nc(-c3snc4c(C(N)=O)cccc34)nc2NCc2ccccc2)C1. The Hall–Kier alpha value is -3.36. The molecular formula is C23H22N6OS. The van der Waals surface area contributed by atoms with Crippen molar-refractivity contribution in [3.63, 3.8) is 0 Å². The van der Waals surface area contributed by atoms with Crippen LogP contribution >= 0.6 is 11.5 Å². The Bertz CT molecular complexity index is 1270. The maximum Gasteiger partial charge on any atom is 0.250 e. The van der Waals surface area contributed by atoms with Gasteiger partial charge in [0.25, 0.3) is 5.91 Å². The lowest BCUT2D eigenvalue weighted by Gasteiger charge is -2.26. The number of anilines is 1. The van der Waals surface area contributed by atoms with Crippen LogP contribution in [-0.2, 0) is 19.5 Å². The van der Waals surface area contributed by atoms with Crippen LogP contribution in [0.1, 0.15) is 27.2 Å². The van der Waals surface area contributed by atoms with E-state index in [0.717, 1.165) is 41.3 Å². The second kappa shape index (κ2) is 8.05. The van der Waals surface area contributed by atoms with Crippen molar-refractivity contribution in [2.75, 3.05) is 18.9 Å². The molecule has 2 aromatic heterocycles. The first kappa shape index (κ1) is 19.6. The fourth-order valence-electron chi connectivity index (χ4n) is 3.92. The number of benzene rings is 2. The Kier molecular flexibility index (Phi) is 5.09. The zero-order valence-corrected chi connectivity index (χ0v) is 17.9. The average molecular weight is 431 g/mol. The summed E-state index contributed by atoms with van der Waals surface area (Å²) in [6, 6.07) is 15.7. The summed E-state index contributed by atoms with van der Waals surface area (Å²) in [5.41, 5.74) is 9.95. The molecule has 1 aliphatic rings. The van der Waals surface area contributed by atoms with Gasteiger partial charge < -0.3 is 16.0 Å². The summed E-state index contributed by atoms with van der Waals surface area (Å²) in [6.07, 6.45) is 0.901. The number of nitrogens with zero attached hydrogens (tertiary/aromatic N) is 4. The Morgan fingerprint density at radius 2 is 2.00 bits per heavy atom. The van der Waals surface area contributed by atoms with Crippen molar-refractivity contribution >= 4 is 34.2 Å². The van der Waals surface area contributed by atoms with Crippen LogP contribution in [0.2, 0.25) is 0 Å². The standard InChI is InChI=1S/C23H22N6OS/c1-29-11-10-15-18(13-29)26-23(27-22(15)25-12-14-6-3-2-4-7-14)20-16-8-5-9-17(21(24)30)19(16)28-31-20/h2-9H,10-13H2,1H3,(H2,24,30)(H,25,26,27). The number of aromatic nitrogens is 3. The average Bonchev–Trinajstić information content (AvgIpc) is 3.22. The summed E-state index contributed by atoms with van der Waals surface area (Å²) in [5, 5.41) is 4.37. The normalized spacial score (nSPS) is 13.8. The number of likely N-dealkylation sites (N-methyl/N-ethyl adjacent to an activating group) is 1. The van der Waals surface area contributed by atoms with Gasteiger partial charge in [-0.2, -0.15) is 4.37 Å². The molecule has 0 bridgehead atoms. The van der Waals surface area contributed by atoms with E-state index in [-0.39, 0.29) is 0 Å². The number of nitrogens with one attached hydrogen (secondary N) is 1. The molecule has 0 unspecified atom stereocenters. The van der Waals surface area contributed by atoms with Crippen LogP contribution in [0.15, 0.2) is 48.5 Å². The van der Waals surface area contributed by atoms with Crippen molar-refractivity contribution in [2.24, 2.45) is 5.73 Å². The minimum atomic E-state index is -0.486. The van der Waals surface area contributed by atoms with Gasteiger partial charge in [-0.05, 0) is 36.6 Å². The van der Waals surface area contributed by atoms with Gasteiger partial charge in [0.05, 0.1) is 16.8 Å². The number of amides is 1. The number of carbonyl (C=O) groups is 1. The molecule has 31 heavy (non-hydrogen) atoms. The lowest BCUT2D eigenvalue weighted by atomic mass is 10.0. The van der Waals surface area contributed by atoms with Crippen LogP contribution in [0.25, 0.3) is 21.6 Å². The molecule has 0 saturated heterocycles. The number of carbonyl (C=O) groups excluding carboxylic acids is 1. The van der Waals surface area contributed by atoms with E-state index in [9.17, 15) is 4.79 Å². The first-order valence-corrected chi connectivity index (χ1v) is 10.9. The molecule has 7 nitrogen and oxygen atoms in total. The minimum absolute atomic E-state index is 0.417. The fraction of sp³-hybridized carbons (Fsp3) is 0.217. The van der Waals surface area contributed by atoms with Crippen LogP contribution in [-0.4, -0.2) is 38.7 Å². The van der Waals surface area contributed by atoms with Crippen molar-refractivity contribution in [3.05, 3.63) is 70.9 Å². The molecule has 8 heteroatoms. The fourth-order valence-corrected chi connectivity index (χ4v) is 4.73. The molecule has 4 aromatic rings. The molecule has 5 rings (SSSR count). The molecule has 1 amide bonds. The highest BCUT2D eigenvalue weighted by atomic mass is 32.1. The van der Waals surface area contributed by atoms with E-state index in [4.69, 9.17) is 15.7 Å². The van der Waals surface area contributed by atoms with Crippen molar-refractivity contribution < 1.29 is 4.79 Å². The van der Waals surface area contributed by atoms with E-state index in [0.29, 0.717) is 23.4 Å². The number of primary amides is 1. The van der Waals surface area contributed by atoms with Gasteiger partial charge in [0.2, 0.25) is 0 Å². The van der Waals surface area contributed by atoms with Crippen LogP contribution in [0, 0.1) is 0 Å². The summed E-state index contributed by atoms with van der Waals surface area (Å²) < 4.78 is 4.50. The largest absolute Gasteiger partial charge is 0.366 e. The van der Waals surface area contributed by atoms with Crippen LogP contribution in [0.4, 0.5) is 5.82 Å². The van der Waals surface area contributed by atoms with Gasteiger partial charge in [0, 0.05) is 30.6 Å². The maximum atomic E-state index is 11.8. The highest BCUT2D eigenvalue weighted by Gasteiger charge is 2.23.